The fraction of sp³-hybridized carbons (Fsp3) is 0.214. The van der Waals surface area contributed by atoms with Crippen molar-refractivity contribution in [3.05, 3.63) is 59.9 Å². The van der Waals surface area contributed by atoms with Gasteiger partial charge in [0, 0.05) is 5.56 Å². The van der Waals surface area contributed by atoms with E-state index in [1.165, 1.54) is 0 Å². The lowest BCUT2D eigenvalue weighted by Gasteiger charge is -2.25. The number of allylic oxidation sites excluding steroid dienone is 3. The maximum atomic E-state index is 12.3. The molecule has 1 aromatic rings. The SMILES string of the molecule is CC1(C(=O)c2ccccc2)C=CC(O)=CC1. The van der Waals surface area contributed by atoms with Crippen LogP contribution >= 0.6 is 0 Å². The average molecular weight is 214 g/mol. The number of carbonyl (C=O) groups is 1. The molecule has 0 saturated heterocycles. The molecule has 2 rings (SSSR count). The van der Waals surface area contributed by atoms with Crippen molar-refractivity contribution in [1.29, 1.82) is 0 Å². The highest BCUT2D eigenvalue weighted by atomic mass is 16.3. The van der Waals surface area contributed by atoms with Crippen LogP contribution in [0.2, 0.25) is 0 Å². The zero-order valence-electron chi connectivity index (χ0n) is 9.18. The minimum absolute atomic E-state index is 0.0908. The van der Waals surface area contributed by atoms with E-state index in [0.29, 0.717) is 12.0 Å². The lowest BCUT2D eigenvalue weighted by molar-refractivity contribution is 0.0869. The van der Waals surface area contributed by atoms with Gasteiger partial charge in [0.05, 0.1) is 5.41 Å². The summed E-state index contributed by atoms with van der Waals surface area (Å²) in [5.41, 5.74) is 0.178. The van der Waals surface area contributed by atoms with Gasteiger partial charge < -0.3 is 5.11 Å². The summed E-state index contributed by atoms with van der Waals surface area (Å²) in [6.45, 7) is 1.89. The number of aliphatic hydroxyl groups is 1. The summed E-state index contributed by atoms with van der Waals surface area (Å²) in [5.74, 6) is 0.325. The number of Topliss-reactive ketones (excluding diaryl/α,β-unsaturated/α-hetero) is 1. The molecule has 1 atom stereocenters. The molecule has 1 aliphatic carbocycles. The molecule has 16 heavy (non-hydrogen) atoms. The van der Waals surface area contributed by atoms with Crippen LogP contribution in [0, 0.1) is 5.41 Å². The van der Waals surface area contributed by atoms with Crippen LogP contribution in [-0.4, -0.2) is 10.9 Å². The summed E-state index contributed by atoms with van der Waals surface area (Å²) in [4.78, 5) is 12.3. The minimum atomic E-state index is -0.534. The van der Waals surface area contributed by atoms with E-state index in [1.807, 2.05) is 37.3 Å². The number of ketones is 1. The summed E-state index contributed by atoms with van der Waals surface area (Å²) in [6, 6.07) is 9.24. The molecule has 0 amide bonds. The summed E-state index contributed by atoms with van der Waals surface area (Å²) in [7, 11) is 0. The van der Waals surface area contributed by atoms with Crippen molar-refractivity contribution in [1.82, 2.24) is 0 Å². The molecule has 0 spiro atoms. The molecule has 0 aromatic heterocycles. The maximum absolute atomic E-state index is 12.3. The Bertz CT molecular complexity index is 457. The van der Waals surface area contributed by atoms with E-state index in [-0.39, 0.29) is 11.5 Å². The van der Waals surface area contributed by atoms with Crippen LogP contribution in [0.1, 0.15) is 23.7 Å². The summed E-state index contributed by atoms with van der Waals surface area (Å²) in [6.07, 6.45) is 5.59. The Morgan fingerprint density at radius 2 is 2.00 bits per heavy atom. The van der Waals surface area contributed by atoms with Gasteiger partial charge in [-0.15, -0.1) is 0 Å². The maximum Gasteiger partial charge on any atom is 0.172 e. The Kier molecular flexibility index (Phi) is 2.65. The highest BCUT2D eigenvalue weighted by molar-refractivity contribution is 6.01. The first-order valence-corrected chi connectivity index (χ1v) is 5.30. The number of aliphatic hydroxyl groups excluding tert-OH is 1. The normalized spacial score (nSPS) is 23.9. The van der Waals surface area contributed by atoms with Crippen molar-refractivity contribution >= 4 is 5.78 Å². The molecule has 0 bridgehead atoms. The Morgan fingerprint density at radius 3 is 2.56 bits per heavy atom. The Morgan fingerprint density at radius 1 is 1.31 bits per heavy atom. The number of carbonyl (C=O) groups excluding carboxylic acids is 1. The van der Waals surface area contributed by atoms with Crippen molar-refractivity contribution in [3.8, 4) is 0 Å². The molecule has 0 radical (unpaired) electrons. The number of rotatable bonds is 2. The zero-order chi connectivity index (χ0) is 11.6. The van der Waals surface area contributed by atoms with Gasteiger partial charge in [-0.05, 0) is 25.5 Å². The fourth-order valence-electron chi connectivity index (χ4n) is 1.81. The van der Waals surface area contributed by atoms with Crippen LogP contribution in [0.3, 0.4) is 0 Å². The van der Waals surface area contributed by atoms with Crippen LogP contribution in [0.4, 0.5) is 0 Å². The molecule has 0 aliphatic heterocycles. The van der Waals surface area contributed by atoms with Gasteiger partial charge in [0.15, 0.2) is 5.78 Å². The number of hydrogen-bond acceptors (Lipinski definition) is 2. The molecule has 0 fully saturated rings. The molecule has 1 N–H and O–H groups in total. The quantitative estimate of drug-likeness (QED) is 0.767. The van der Waals surface area contributed by atoms with Crippen molar-refractivity contribution in [3.63, 3.8) is 0 Å². The molecule has 0 saturated carbocycles. The summed E-state index contributed by atoms with van der Waals surface area (Å²) in [5, 5.41) is 9.26. The van der Waals surface area contributed by atoms with Crippen LogP contribution in [-0.2, 0) is 0 Å². The largest absolute Gasteiger partial charge is 0.508 e. The summed E-state index contributed by atoms with van der Waals surface area (Å²) < 4.78 is 0. The second-order valence-electron chi connectivity index (χ2n) is 4.28. The zero-order valence-corrected chi connectivity index (χ0v) is 9.18. The van der Waals surface area contributed by atoms with Crippen molar-refractivity contribution in [2.24, 2.45) is 5.41 Å². The van der Waals surface area contributed by atoms with E-state index in [1.54, 1.807) is 18.2 Å². The Hall–Kier alpha value is -1.83. The van der Waals surface area contributed by atoms with E-state index in [2.05, 4.69) is 0 Å². The molecule has 0 heterocycles. The molecule has 1 unspecified atom stereocenters. The lowest BCUT2D eigenvalue weighted by Crippen LogP contribution is -2.26. The van der Waals surface area contributed by atoms with Crippen LogP contribution < -0.4 is 0 Å². The summed E-state index contributed by atoms with van der Waals surface area (Å²) >= 11 is 0. The molecular weight excluding hydrogens is 200 g/mol. The third-order valence-corrected chi connectivity index (χ3v) is 2.91. The van der Waals surface area contributed by atoms with Crippen molar-refractivity contribution in [2.75, 3.05) is 0 Å². The topological polar surface area (TPSA) is 37.3 Å². The third-order valence-electron chi connectivity index (χ3n) is 2.91. The van der Waals surface area contributed by atoms with Gasteiger partial charge in [-0.25, -0.2) is 0 Å². The van der Waals surface area contributed by atoms with Crippen LogP contribution in [0.15, 0.2) is 54.3 Å². The molecule has 2 nitrogen and oxygen atoms in total. The monoisotopic (exact) mass is 214 g/mol. The molecule has 82 valence electrons. The minimum Gasteiger partial charge on any atom is -0.508 e. The van der Waals surface area contributed by atoms with E-state index in [9.17, 15) is 9.90 Å². The first kappa shape index (κ1) is 10.7. The first-order valence-electron chi connectivity index (χ1n) is 5.30. The standard InChI is InChI=1S/C14H14O2/c1-14(9-7-12(15)8-10-14)13(16)11-5-3-2-4-6-11/h2-9,15H,10H2,1H3. The van der Waals surface area contributed by atoms with Crippen molar-refractivity contribution in [2.45, 2.75) is 13.3 Å². The smallest absolute Gasteiger partial charge is 0.172 e. The van der Waals surface area contributed by atoms with Gasteiger partial charge >= 0.3 is 0 Å². The highest BCUT2D eigenvalue weighted by Gasteiger charge is 2.31. The molecule has 2 heteroatoms. The molecular formula is C14H14O2. The lowest BCUT2D eigenvalue weighted by atomic mass is 9.77. The fourth-order valence-corrected chi connectivity index (χ4v) is 1.81. The van der Waals surface area contributed by atoms with Gasteiger partial charge in [0.1, 0.15) is 5.76 Å². The predicted molar refractivity (Wildman–Crippen MR) is 63.3 cm³/mol. The van der Waals surface area contributed by atoms with E-state index in [4.69, 9.17) is 0 Å². The van der Waals surface area contributed by atoms with Crippen LogP contribution in [0.25, 0.3) is 0 Å². The predicted octanol–water partition coefficient (Wildman–Crippen LogP) is 3.28. The van der Waals surface area contributed by atoms with E-state index < -0.39 is 5.41 Å². The Balaban J connectivity index is 2.27. The van der Waals surface area contributed by atoms with Gasteiger partial charge in [0.2, 0.25) is 0 Å². The second kappa shape index (κ2) is 3.97. The first-order chi connectivity index (χ1) is 7.62. The molecule has 1 aromatic carbocycles. The Labute approximate surface area is 94.9 Å². The second-order valence-corrected chi connectivity index (χ2v) is 4.28. The van der Waals surface area contributed by atoms with Gasteiger partial charge in [-0.1, -0.05) is 36.4 Å². The van der Waals surface area contributed by atoms with E-state index in [0.717, 1.165) is 0 Å². The van der Waals surface area contributed by atoms with Gasteiger partial charge in [-0.3, -0.25) is 4.79 Å². The van der Waals surface area contributed by atoms with E-state index >= 15 is 0 Å². The molecule has 1 aliphatic rings. The average Bonchev–Trinajstić information content (AvgIpc) is 2.33. The highest BCUT2D eigenvalue weighted by Crippen LogP contribution is 2.32. The van der Waals surface area contributed by atoms with Crippen molar-refractivity contribution < 1.29 is 9.90 Å². The number of hydrogen-bond donors (Lipinski definition) is 1. The van der Waals surface area contributed by atoms with Gasteiger partial charge in [0.25, 0.3) is 0 Å². The third kappa shape index (κ3) is 1.91. The van der Waals surface area contributed by atoms with Crippen LogP contribution in [0.5, 0.6) is 0 Å². The van der Waals surface area contributed by atoms with Gasteiger partial charge in [-0.2, -0.15) is 0 Å². The number of benzene rings is 1.